The first kappa shape index (κ1) is 24.8. The molecule has 1 aromatic rings. The summed E-state index contributed by atoms with van der Waals surface area (Å²) in [7, 11) is 0. The summed E-state index contributed by atoms with van der Waals surface area (Å²) in [5, 5.41) is 0. The van der Waals surface area contributed by atoms with Crippen molar-refractivity contribution in [3.8, 4) is 0 Å². The molecule has 0 radical (unpaired) electrons. The fourth-order valence-corrected chi connectivity index (χ4v) is 3.94. The molecule has 0 amide bonds. The molecule has 0 saturated carbocycles. The van der Waals surface area contributed by atoms with Crippen LogP contribution < -0.4 is 0 Å². The molecular weight excluding hydrogens is 384 g/mol. The number of ether oxygens (including phenoxy) is 1. The first-order valence-corrected chi connectivity index (χ1v) is 11.6. The van der Waals surface area contributed by atoms with E-state index < -0.39 is 0 Å². The lowest BCUT2D eigenvalue weighted by Crippen LogP contribution is -2.24. The molecule has 1 aliphatic carbocycles. The highest BCUT2D eigenvalue weighted by atomic mass is 16.5. The zero-order valence-electron chi connectivity index (χ0n) is 19.6. The molecular formula is C28H38O3. The van der Waals surface area contributed by atoms with Gasteiger partial charge in [-0.3, -0.25) is 9.59 Å². The van der Waals surface area contributed by atoms with Gasteiger partial charge in [0.2, 0.25) is 0 Å². The molecule has 0 N–H and O–H groups in total. The highest BCUT2D eigenvalue weighted by Crippen LogP contribution is 2.32. The first-order chi connectivity index (χ1) is 14.9. The van der Waals surface area contributed by atoms with Crippen LogP contribution in [-0.2, 0) is 14.3 Å². The van der Waals surface area contributed by atoms with Crippen LogP contribution in [0.25, 0.3) is 0 Å². The van der Waals surface area contributed by atoms with Gasteiger partial charge in [-0.2, -0.15) is 0 Å². The zero-order valence-corrected chi connectivity index (χ0v) is 19.6. The van der Waals surface area contributed by atoms with Crippen molar-refractivity contribution >= 4 is 11.8 Å². The fourth-order valence-electron chi connectivity index (χ4n) is 3.94. The second-order valence-electron chi connectivity index (χ2n) is 8.99. The molecule has 0 aliphatic heterocycles. The Morgan fingerprint density at radius 2 is 1.81 bits per heavy atom. The van der Waals surface area contributed by atoms with Crippen molar-refractivity contribution < 1.29 is 14.3 Å². The molecule has 168 valence electrons. The van der Waals surface area contributed by atoms with Gasteiger partial charge in [0.05, 0.1) is 13.0 Å². The summed E-state index contributed by atoms with van der Waals surface area (Å²) in [6, 6.07) is 9.86. The van der Waals surface area contributed by atoms with Crippen molar-refractivity contribution in [3.05, 3.63) is 71.3 Å². The third-order valence-corrected chi connectivity index (χ3v) is 6.00. The summed E-state index contributed by atoms with van der Waals surface area (Å²) in [5.41, 5.74) is 3.11. The van der Waals surface area contributed by atoms with E-state index in [1.54, 1.807) is 0 Å². The Labute approximate surface area is 188 Å². The van der Waals surface area contributed by atoms with Crippen LogP contribution in [0.5, 0.6) is 0 Å². The molecule has 0 heterocycles. The summed E-state index contributed by atoms with van der Waals surface area (Å²) >= 11 is 0. The number of esters is 1. The Morgan fingerprint density at radius 1 is 1.06 bits per heavy atom. The van der Waals surface area contributed by atoms with Crippen LogP contribution in [0.3, 0.4) is 0 Å². The van der Waals surface area contributed by atoms with Gasteiger partial charge >= 0.3 is 5.97 Å². The van der Waals surface area contributed by atoms with Gasteiger partial charge in [-0.1, -0.05) is 74.1 Å². The maximum atomic E-state index is 13.1. The van der Waals surface area contributed by atoms with Crippen LogP contribution in [0.1, 0.15) is 77.7 Å². The van der Waals surface area contributed by atoms with Gasteiger partial charge in [-0.25, -0.2) is 0 Å². The minimum Gasteiger partial charge on any atom is -0.466 e. The molecule has 0 bridgehead atoms. The van der Waals surface area contributed by atoms with Crippen molar-refractivity contribution in [2.24, 2.45) is 11.8 Å². The van der Waals surface area contributed by atoms with Crippen LogP contribution in [0, 0.1) is 11.8 Å². The summed E-state index contributed by atoms with van der Waals surface area (Å²) in [6.07, 6.45) is 13.4. The Balaban J connectivity index is 1.94. The van der Waals surface area contributed by atoms with E-state index in [-0.39, 0.29) is 30.0 Å². The minimum atomic E-state index is -0.285. The van der Waals surface area contributed by atoms with Crippen LogP contribution in [0.4, 0.5) is 0 Å². The average molecular weight is 423 g/mol. The molecule has 3 unspecified atom stereocenters. The lowest BCUT2D eigenvalue weighted by atomic mass is 9.79. The van der Waals surface area contributed by atoms with E-state index in [9.17, 15) is 9.59 Å². The van der Waals surface area contributed by atoms with E-state index in [0.29, 0.717) is 12.5 Å². The smallest absolute Gasteiger partial charge is 0.306 e. The molecule has 3 heteroatoms. The molecule has 0 fully saturated rings. The maximum Gasteiger partial charge on any atom is 0.306 e. The number of hydrogen-bond donors (Lipinski definition) is 0. The number of benzene rings is 1. The number of Topliss-reactive ketones (excluding diaryl/α,β-unsaturated/α-hetero) is 1. The molecule has 0 aromatic heterocycles. The van der Waals surface area contributed by atoms with E-state index in [4.69, 9.17) is 4.74 Å². The molecule has 1 aromatic carbocycles. The minimum absolute atomic E-state index is 0.102. The van der Waals surface area contributed by atoms with Gasteiger partial charge in [-0.05, 0) is 57.4 Å². The summed E-state index contributed by atoms with van der Waals surface area (Å²) in [5.74, 6) is -0.0815. The van der Waals surface area contributed by atoms with Gasteiger partial charge in [0.15, 0.2) is 5.78 Å². The van der Waals surface area contributed by atoms with Gasteiger partial charge in [0, 0.05) is 17.4 Å². The molecule has 3 nitrogen and oxygen atoms in total. The number of carbonyl (C=O) groups excluding carboxylic acids is 2. The number of rotatable bonds is 12. The fraction of sp³-hybridized carbons (Fsp3) is 0.500. The SMILES string of the molecule is CC(C)=CCCC(C)CCOC(=O)CC(c1ccccc1)C(C)C(=O)C1=CCCC=C1. The molecule has 31 heavy (non-hydrogen) atoms. The van der Waals surface area contributed by atoms with Crippen molar-refractivity contribution in [1.29, 1.82) is 0 Å². The largest absolute Gasteiger partial charge is 0.466 e. The lowest BCUT2D eigenvalue weighted by Gasteiger charge is -2.24. The lowest BCUT2D eigenvalue weighted by molar-refractivity contribution is -0.144. The molecule has 3 atom stereocenters. The standard InChI is InChI=1S/C28H38O3/c1-21(2)12-11-13-22(3)18-19-31-27(29)20-26(24-14-7-5-8-15-24)23(4)28(30)25-16-9-6-10-17-25/h5,7-9,12,14-17,22-23,26H,6,10-11,13,18-20H2,1-4H3. The number of carbonyl (C=O) groups is 2. The van der Waals surface area contributed by atoms with E-state index in [1.807, 2.05) is 55.5 Å². The predicted octanol–water partition coefficient (Wildman–Crippen LogP) is 6.96. The highest BCUT2D eigenvalue weighted by molar-refractivity contribution is 6.00. The van der Waals surface area contributed by atoms with Crippen LogP contribution in [0.2, 0.25) is 0 Å². The molecule has 2 rings (SSSR count). The van der Waals surface area contributed by atoms with Crippen molar-refractivity contribution in [2.75, 3.05) is 6.61 Å². The monoisotopic (exact) mass is 422 g/mol. The van der Waals surface area contributed by atoms with E-state index >= 15 is 0 Å². The van der Waals surface area contributed by atoms with Crippen LogP contribution in [-0.4, -0.2) is 18.4 Å². The highest BCUT2D eigenvalue weighted by Gasteiger charge is 2.29. The van der Waals surface area contributed by atoms with E-state index in [2.05, 4.69) is 26.8 Å². The van der Waals surface area contributed by atoms with Crippen molar-refractivity contribution in [3.63, 3.8) is 0 Å². The Kier molecular flexibility index (Phi) is 10.5. The third-order valence-electron chi connectivity index (χ3n) is 6.00. The second-order valence-corrected chi connectivity index (χ2v) is 8.99. The predicted molar refractivity (Wildman–Crippen MR) is 128 cm³/mol. The number of ketones is 1. The topological polar surface area (TPSA) is 43.4 Å². The van der Waals surface area contributed by atoms with Crippen LogP contribution in [0.15, 0.2) is 65.8 Å². The summed E-state index contributed by atoms with van der Waals surface area (Å²) < 4.78 is 5.57. The Morgan fingerprint density at radius 3 is 2.45 bits per heavy atom. The molecule has 0 saturated heterocycles. The molecule has 1 aliphatic rings. The van der Waals surface area contributed by atoms with Gasteiger partial charge in [-0.15, -0.1) is 0 Å². The Bertz CT molecular complexity index is 797. The molecule has 0 spiro atoms. The third kappa shape index (κ3) is 8.69. The van der Waals surface area contributed by atoms with Gasteiger partial charge < -0.3 is 4.74 Å². The van der Waals surface area contributed by atoms with Gasteiger partial charge in [0.25, 0.3) is 0 Å². The quantitative estimate of drug-likeness (QED) is 0.270. The van der Waals surface area contributed by atoms with Crippen LogP contribution >= 0.6 is 0 Å². The maximum absolute atomic E-state index is 13.1. The number of hydrogen-bond acceptors (Lipinski definition) is 3. The zero-order chi connectivity index (χ0) is 22.6. The van der Waals surface area contributed by atoms with Crippen molar-refractivity contribution in [2.45, 2.75) is 72.1 Å². The van der Waals surface area contributed by atoms with E-state index in [1.165, 1.54) is 5.57 Å². The average Bonchev–Trinajstić information content (AvgIpc) is 2.77. The second kappa shape index (κ2) is 13.1. The summed E-state index contributed by atoms with van der Waals surface area (Å²) in [4.78, 5) is 25.7. The number of allylic oxidation sites excluding steroid dienone is 6. The Hall–Kier alpha value is -2.42. The van der Waals surface area contributed by atoms with Gasteiger partial charge in [0.1, 0.15) is 0 Å². The van der Waals surface area contributed by atoms with E-state index in [0.717, 1.165) is 43.2 Å². The first-order valence-electron chi connectivity index (χ1n) is 11.6. The normalized spacial score (nSPS) is 16.1. The van der Waals surface area contributed by atoms with Crippen molar-refractivity contribution in [1.82, 2.24) is 0 Å². The summed E-state index contributed by atoms with van der Waals surface area (Å²) in [6.45, 7) is 8.80.